The van der Waals surface area contributed by atoms with Crippen LogP contribution in [0.1, 0.15) is 35.7 Å². The van der Waals surface area contributed by atoms with E-state index in [1.165, 1.54) is 18.3 Å². The average molecular weight is 391 g/mol. The molecule has 1 aromatic carbocycles. The summed E-state index contributed by atoms with van der Waals surface area (Å²) in [7, 11) is 0. The Balaban J connectivity index is 1.94. The second-order valence-corrected chi connectivity index (χ2v) is 6.97. The molecule has 29 heavy (non-hydrogen) atoms. The molecule has 0 aliphatic rings. The third-order valence-electron chi connectivity index (χ3n) is 4.43. The molecule has 0 atom stereocenters. The van der Waals surface area contributed by atoms with E-state index >= 15 is 0 Å². The molecule has 0 unspecified atom stereocenters. The Bertz CT molecular complexity index is 1100. The topological polar surface area (TPSA) is 101 Å². The summed E-state index contributed by atoms with van der Waals surface area (Å²) >= 11 is 0. The molecule has 148 valence electrons. The minimum atomic E-state index is -1.14. The number of nitrogens with zero attached hydrogens (tertiary/aromatic N) is 2. The summed E-state index contributed by atoms with van der Waals surface area (Å²) in [4.78, 5) is 39.7. The predicted octanol–water partition coefficient (Wildman–Crippen LogP) is 3.37. The molecule has 2 heterocycles. The van der Waals surface area contributed by atoms with Crippen LogP contribution in [0, 0.1) is 0 Å². The molecular formula is C22H21N3O4. The lowest BCUT2D eigenvalue weighted by molar-refractivity contribution is -0.137. The fourth-order valence-electron chi connectivity index (χ4n) is 2.89. The molecule has 0 fully saturated rings. The minimum Gasteiger partial charge on any atom is -0.480 e. The number of anilines is 1. The van der Waals surface area contributed by atoms with Crippen LogP contribution in [-0.4, -0.2) is 26.5 Å². The van der Waals surface area contributed by atoms with Crippen molar-refractivity contribution in [1.29, 1.82) is 0 Å². The Labute approximate surface area is 167 Å². The van der Waals surface area contributed by atoms with Gasteiger partial charge in [0.25, 0.3) is 11.5 Å². The first kappa shape index (κ1) is 20.0. The summed E-state index contributed by atoms with van der Waals surface area (Å²) < 4.78 is 1.03. The summed E-state index contributed by atoms with van der Waals surface area (Å²) in [5.74, 6) is -1.27. The van der Waals surface area contributed by atoms with Crippen molar-refractivity contribution < 1.29 is 14.7 Å². The zero-order valence-electron chi connectivity index (χ0n) is 16.1. The molecule has 0 aliphatic heterocycles. The second kappa shape index (κ2) is 8.52. The molecule has 0 saturated carbocycles. The zero-order valence-corrected chi connectivity index (χ0v) is 16.1. The summed E-state index contributed by atoms with van der Waals surface area (Å²) in [6.45, 7) is 3.62. The van der Waals surface area contributed by atoms with Gasteiger partial charge in [0.05, 0.1) is 5.69 Å². The van der Waals surface area contributed by atoms with Crippen LogP contribution in [0.25, 0.3) is 11.1 Å². The molecule has 2 N–H and O–H groups in total. The molecule has 7 heteroatoms. The summed E-state index contributed by atoms with van der Waals surface area (Å²) in [5.41, 5.74) is 3.14. The van der Waals surface area contributed by atoms with Gasteiger partial charge in [-0.15, -0.1) is 0 Å². The van der Waals surface area contributed by atoms with Gasteiger partial charge in [0.2, 0.25) is 0 Å². The molecule has 0 bridgehead atoms. The van der Waals surface area contributed by atoms with Gasteiger partial charge in [0, 0.05) is 35.8 Å². The highest BCUT2D eigenvalue weighted by Crippen LogP contribution is 2.26. The molecular weight excluding hydrogens is 370 g/mol. The van der Waals surface area contributed by atoms with E-state index in [1.807, 2.05) is 38.1 Å². The number of hydrogen-bond acceptors (Lipinski definition) is 4. The Kier molecular flexibility index (Phi) is 5.87. The third-order valence-corrected chi connectivity index (χ3v) is 4.43. The van der Waals surface area contributed by atoms with Crippen LogP contribution in [0.15, 0.2) is 65.8 Å². The summed E-state index contributed by atoms with van der Waals surface area (Å²) in [6.07, 6.45) is 4.75. The van der Waals surface area contributed by atoms with E-state index in [2.05, 4.69) is 10.3 Å². The number of carboxylic acid groups (broad SMARTS) is 1. The van der Waals surface area contributed by atoms with Gasteiger partial charge in [-0.2, -0.15) is 0 Å². The van der Waals surface area contributed by atoms with Gasteiger partial charge < -0.3 is 15.0 Å². The molecule has 2 aromatic heterocycles. The van der Waals surface area contributed by atoms with Crippen molar-refractivity contribution in [3.05, 3.63) is 82.5 Å². The van der Waals surface area contributed by atoms with Crippen LogP contribution in [-0.2, 0) is 11.3 Å². The van der Waals surface area contributed by atoms with Crippen molar-refractivity contribution in [1.82, 2.24) is 9.55 Å². The van der Waals surface area contributed by atoms with Gasteiger partial charge in [-0.1, -0.05) is 26.0 Å². The molecule has 1 amide bonds. The van der Waals surface area contributed by atoms with E-state index < -0.39 is 18.1 Å². The van der Waals surface area contributed by atoms with Crippen LogP contribution in [0.5, 0.6) is 0 Å². The number of carboxylic acids is 1. The van der Waals surface area contributed by atoms with Gasteiger partial charge >= 0.3 is 5.97 Å². The third kappa shape index (κ3) is 4.95. The number of hydrogen-bond donors (Lipinski definition) is 2. The van der Waals surface area contributed by atoms with Gasteiger partial charge in [-0.25, -0.2) is 0 Å². The monoisotopic (exact) mass is 391 g/mol. The largest absolute Gasteiger partial charge is 0.480 e. The van der Waals surface area contributed by atoms with Crippen LogP contribution >= 0.6 is 0 Å². The Morgan fingerprint density at radius 3 is 2.59 bits per heavy atom. The number of aliphatic carboxylic acids is 1. The first-order chi connectivity index (χ1) is 13.8. The Morgan fingerprint density at radius 1 is 1.14 bits per heavy atom. The average Bonchev–Trinajstić information content (AvgIpc) is 2.70. The molecule has 0 radical (unpaired) electrons. The summed E-state index contributed by atoms with van der Waals surface area (Å²) in [6, 6.07) is 12.1. The lowest BCUT2D eigenvalue weighted by atomic mass is 9.95. The highest BCUT2D eigenvalue weighted by atomic mass is 16.4. The molecule has 0 aliphatic carbocycles. The number of pyridine rings is 2. The van der Waals surface area contributed by atoms with Crippen molar-refractivity contribution in [3.8, 4) is 11.1 Å². The van der Waals surface area contributed by atoms with E-state index in [0.29, 0.717) is 11.3 Å². The van der Waals surface area contributed by atoms with Gasteiger partial charge in [-0.05, 0) is 41.3 Å². The maximum Gasteiger partial charge on any atom is 0.323 e. The van der Waals surface area contributed by atoms with E-state index in [-0.39, 0.29) is 11.8 Å². The lowest BCUT2D eigenvalue weighted by Gasteiger charge is -2.13. The number of carbonyl (C=O) groups is 2. The number of rotatable bonds is 6. The van der Waals surface area contributed by atoms with Crippen molar-refractivity contribution in [2.45, 2.75) is 26.3 Å². The summed E-state index contributed by atoms with van der Waals surface area (Å²) in [5, 5.41) is 11.6. The van der Waals surface area contributed by atoms with E-state index in [9.17, 15) is 14.4 Å². The van der Waals surface area contributed by atoms with E-state index in [4.69, 9.17) is 5.11 Å². The number of amides is 1. The minimum absolute atomic E-state index is 0.218. The maximum atomic E-state index is 12.9. The maximum absolute atomic E-state index is 12.9. The van der Waals surface area contributed by atoms with Crippen molar-refractivity contribution in [2.24, 2.45) is 0 Å². The highest BCUT2D eigenvalue weighted by Gasteiger charge is 2.13. The second-order valence-electron chi connectivity index (χ2n) is 6.97. The van der Waals surface area contributed by atoms with Crippen molar-refractivity contribution >= 4 is 17.6 Å². The van der Waals surface area contributed by atoms with Crippen molar-refractivity contribution in [3.63, 3.8) is 0 Å². The smallest absolute Gasteiger partial charge is 0.323 e. The fraction of sp³-hybridized carbons (Fsp3) is 0.182. The van der Waals surface area contributed by atoms with Crippen molar-refractivity contribution in [2.75, 3.05) is 5.32 Å². The molecule has 0 spiro atoms. The van der Waals surface area contributed by atoms with E-state index in [0.717, 1.165) is 21.3 Å². The van der Waals surface area contributed by atoms with Crippen LogP contribution in [0.3, 0.4) is 0 Å². The van der Waals surface area contributed by atoms with Crippen LogP contribution < -0.4 is 10.9 Å². The SMILES string of the molecule is CC(C)c1cc(C(=O)Nc2ccc(=O)n(CC(=O)O)c2)cc(-c2cccnc2)c1. The Morgan fingerprint density at radius 2 is 1.93 bits per heavy atom. The standard InChI is InChI=1S/C22H21N3O4/c1-14(2)16-8-17(15-4-3-7-23-11-15)10-18(9-16)22(29)24-19-5-6-20(26)25(12-19)13-21(27)28/h3-12,14H,13H2,1-2H3,(H,24,29)(H,27,28). The van der Waals surface area contributed by atoms with Gasteiger partial charge in [0.1, 0.15) is 6.54 Å². The van der Waals surface area contributed by atoms with Gasteiger partial charge in [0.15, 0.2) is 0 Å². The lowest BCUT2D eigenvalue weighted by Crippen LogP contribution is -2.24. The first-order valence-electron chi connectivity index (χ1n) is 9.12. The highest BCUT2D eigenvalue weighted by molar-refractivity contribution is 6.05. The zero-order chi connectivity index (χ0) is 21.0. The first-order valence-corrected chi connectivity index (χ1v) is 9.12. The van der Waals surface area contributed by atoms with E-state index in [1.54, 1.807) is 18.5 Å². The number of nitrogens with one attached hydrogen (secondary N) is 1. The van der Waals surface area contributed by atoms with Crippen LogP contribution in [0.2, 0.25) is 0 Å². The number of carbonyl (C=O) groups excluding carboxylic acids is 1. The number of aromatic nitrogens is 2. The van der Waals surface area contributed by atoms with Gasteiger partial charge in [-0.3, -0.25) is 19.4 Å². The quantitative estimate of drug-likeness (QED) is 0.671. The molecule has 0 saturated heterocycles. The predicted molar refractivity (Wildman–Crippen MR) is 110 cm³/mol. The Hall–Kier alpha value is -3.74. The fourth-order valence-corrected chi connectivity index (χ4v) is 2.89. The molecule has 3 aromatic rings. The number of benzene rings is 1. The van der Waals surface area contributed by atoms with Crippen LogP contribution in [0.4, 0.5) is 5.69 Å². The molecule has 3 rings (SSSR count). The normalized spacial score (nSPS) is 10.7. The molecule has 7 nitrogen and oxygen atoms in total.